The van der Waals surface area contributed by atoms with Crippen LogP contribution in [0.3, 0.4) is 0 Å². The number of para-hydroxylation sites is 1. The minimum absolute atomic E-state index is 0.0205. The van der Waals surface area contributed by atoms with Crippen molar-refractivity contribution < 1.29 is 14.3 Å². The summed E-state index contributed by atoms with van der Waals surface area (Å²) in [5.41, 5.74) is 0.596. The summed E-state index contributed by atoms with van der Waals surface area (Å²) in [7, 11) is 0. The van der Waals surface area contributed by atoms with Gasteiger partial charge in [0.2, 0.25) is 0 Å². The third-order valence-corrected chi connectivity index (χ3v) is 3.02. The van der Waals surface area contributed by atoms with E-state index in [1.54, 1.807) is 18.2 Å². The Morgan fingerprint density at radius 2 is 1.94 bits per heavy atom. The molecule has 0 spiro atoms. The molecule has 0 saturated carbocycles. The summed E-state index contributed by atoms with van der Waals surface area (Å²) >= 11 is 3.29. The third-order valence-electron chi connectivity index (χ3n) is 2.33. The monoisotopic (exact) mass is 309 g/mol. The van der Waals surface area contributed by atoms with Crippen molar-refractivity contribution in [1.82, 2.24) is 0 Å². The number of amides is 1. The molecular formula is C13H9BrFNO2. The van der Waals surface area contributed by atoms with Gasteiger partial charge in [0.25, 0.3) is 5.91 Å². The van der Waals surface area contributed by atoms with Crippen LogP contribution in [-0.4, -0.2) is 11.0 Å². The van der Waals surface area contributed by atoms with E-state index in [9.17, 15) is 14.3 Å². The fourth-order valence-corrected chi connectivity index (χ4v) is 1.83. The maximum absolute atomic E-state index is 12.8. The molecule has 2 aromatic rings. The number of benzene rings is 2. The van der Waals surface area contributed by atoms with E-state index in [4.69, 9.17) is 0 Å². The van der Waals surface area contributed by atoms with Crippen molar-refractivity contribution in [3.8, 4) is 5.75 Å². The van der Waals surface area contributed by atoms with E-state index in [1.807, 2.05) is 6.07 Å². The van der Waals surface area contributed by atoms with E-state index >= 15 is 0 Å². The fraction of sp³-hybridized carbons (Fsp3) is 0. The molecule has 3 nitrogen and oxygen atoms in total. The lowest BCUT2D eigenvalue weighted by Gasteiger charge is -2.08. The quantitative estimate of drug-likeness (QED) is 0.891. The molecule has 92 valence electrons. The summed E-state index contributed by atoms with van der Waals surface area (Å²) in [4.78, 5) is 11.9. The van der Waals surface area contributed by atoms with Gasteiger partial charge in [-0.2, -0.15) is 0 Å². The molecule has 0 unspecified atom stereocenters. The minimum atomic E-state index is -0.593. The molecule has 0 aliphatic rings. The Bertz CT molecular complexity index is 601. The zero-order valence-corrected chi connectivity index (χ0v) is 10.7. The number of hydrogen-bond acceptors (Lipinski definition) is 2. The average Bonchev–Trinajstić information content (AvgIpc) is 2.32. The van der Waals surface area contributed by atoms with Gasteiger partial charge in [0.15, 0.2) is 0 Å². The van der Waals surface area contributed by atoms with E-state index in [2.05, 4.69) is 21.2 Å². The Morgan fingerprint density at radius 3 is 2.61 bits per heavy atom. The van der Waals surface area contributed by atoms with Gasteiger partial charge >= 0.3 is 0 Å². The van der Waals surface area contributed by atoms with Gasteiger partial charge in [-0.1, -0.05) is 12.1 Å². The van der Waals surface area contributed by atoms with Crippen molar-refractivity contribution in [2.24, 2.45) is 0 Å². The topological polar surface area (TPSA) is 49.3 Å². The zero-order valence-electron chi connectivity index (χ0n) is 9.15. The zero-order chi connectivity index (χ0) is 13.1. The lowest BCUT2D eigenvalue weighted by molar-refractivity contribution is 0.102. The lowest BCUT2D eigenvalue weighted by Crippen LogP contribution is -2.12. The SMILES string of the molecule is O=C(Nc1ccccc1Br)c1ccc(F)cc1O. The number of aromatic hydroxyl groups is 1. The molecule has 18 heavy (non-hydrogen) atoms. The smallest absolute Gasteiger partial charge is 0.259 e. The highest BCUT2D eigenvalue weighted by molar-refractivity contribution is 9.10. The molecule has 0 bridgehead atoms. The first-order chi connectivity index (χ1) is 8.58. The molecule has 0 aromatic heterocycles. The van der Waals surface area contributed by atoms with Crippen molar-refractivity contribution in [3.63, 3.8) is 0 Å². The molecule has 0 aliphatic heterocycles. The molecule has 0 heterocycles. The van der Waals surface area contributed by atoms with Gasteiger partial charge in [-0.05, 0) is 40.2 Å². The molecule has 1 amide bonds. The van der Waals surface area contributed by atoms with Crippen LogP contribution in [0.4, 0.5) is 10.1 Å². The number of rotatable bonds is 2. The molecule has 0 saturated heterocycles. The molecule has 0 radical (unpaired) electrons. The predicted molar refractivity (Wildman–Crippen MR) is 70.2 cm³/mol. The standard InChI is InChI=1S/C13H9BrFNO2/c14-10-3-1-2-4-11(10)16-13(18)9-6-5-8(15)7-12(9)17/h1-7,17H,(H,16,18). The van der Waals surface area contributed by atoms with Crippen LogP contribution in [-0.2, 0) is 0 Å². The van der Waals surface area contributed by atoms with Gasteiger partial charge in [-0.15, -0.1) is 0 Å². The first-order valence-electron chi connectivity index (χ1n) is 5.12. The van der Waals surface area contributed by atoms with E-state index in [0.717, 1.165) is 16.6 Å². The van der Waals surface area contributed by atoms with Crippen LogP contribution in [0.1, 0.15) is 10.4 Å². The highest BCUT2D eigenvalue weighted by atomic mass is 79.9. The van der Waals surface area contributed by atoms with E-state index in [0.29, 0.717) is 5.69 Å². The van der Waals surface area contributed by atoms with Crippen molar-refractivity contribution in [2.45, 2.75) is 0 Å². The van der Waals surface area contributed by atoms with Crippen LogP contribution >= 0.6 is 15.9 Å². The summed E-state index contributed by atoms with van der Waals surface area (Å²) in [5, 5.41) is 12.1. The third kappa shape index (κ3) is 2.68. The van der Waals surface area contributed by atoms with Gasteiger partial charge in [0.1, 0.15) is 11.6 Å². The number of halogens is 2. The summed E-state index contributed by atoms with van der Waals surface area (Å²) in [6.07, 6.45) is 0. The van der Waals surface area contributed by atoms with Gasteiger partial charge < -0.3 is 10.4 Å². The van der Waals surface area contributed by atoms with Gasteiger partial charge in [-0.3, -0.25) is 4.79 Å². The second-order valence-electron chi connectivity index (χ2n) is 3.60. The molecule has 0 aliphatic carbocycles. The largest absolute Gasteiger partial charge is 0.507 e. The summed E-state index contributed by atoms with van der Waals surface area (Å²) in [6.45, 7) is 0. The molecule has 0 atom stereocenters. The van der Waals surface area contributed by atoms with Crippen molar-refractivity contribution in [1.29, 1.82) is 0 Å². The molecule has 2 N–H and O–H groups in total. The lowest BCUT2D eigenvalue weighted by atomic mass is 10.2. The van der Waals surface area contributed by atoms with Crippen LogP contribution in [0.15, 0.2) is 46.9 Å². The maximum Gasteiger partial charge on any atom is 0.259 e. The Balaban J connectivity index is 2.25. The minimum Gasteiger partial charge on any atom is -0.507 e. The van der Waals surface area contributed by atoms with Gasteiger partial charge in [0.05, 0.1) is 11.3 Å². The molecule has 2 rings (SSSR count). The maximum atomic E-state index is 12.8. The van der Waals surface area contributed by atoms with Crippen LogP contribution in [0.2, 0.25) is 0 Å². The molecule has 0 fully saturated rings. The van der Waals surface area contributed by atoms with Gasteiger partial charge in [-0.25, -0.2) is 4.39 Å². The Hall–Kier alpha value is -1.88. The molecule has 2 aromatic carbocycles. The van der Waals surface area contributed by atoms with Gasteiger partial charge in [0, 0.05) is 10.5 Å². The van der Waals surface area contributed by atoms with E-state index < -0.39 is 11.7 Å². The average molecular weight is 310 g/mol. The summed E-state index contributed by atoms with van der Waals surface area (Å²) < 4.78 is 13.5. The van der Waals surface area contributed by atoms with Crippen LogP contribution in [0, 0.1) is 5.82 Å². The second kappa shape index (κ2) is 5.18. The Kier molecular flexibility index (Phi) is 3.62. The Morgan fingerprint density at radius 1 is 1.22 bits per heavy atom. The van der Waals surface area contributed by atoms with Crippen molar-refractivity contribution >= 4 is 27.5 Å². The fourth-order valence-electron chi connectivity index (χ4n) is 1.45. The Labute approximate surface area is 111 Å². The summed E-state index contributed by atoms with van der Waals surface area (Å²) in [6, 6.07) is 10.3. The number of carbonyl (C=O) groups is 1. The highest BCUT2D eigenvalue weighted by Crippen LogP contribution is 2.24. The number of carbonyl (C=O) groups excluding carboxylic acids is 1. The number of nitrogens with one attached hydrogen (secondary N) is 1. The van der Waals surface area contributed by atoms with Crippen molar-refractivity contribution in [3.05, 3.63) is 58.3 Å². The van der Waals surface area contributed by atoms with Crippen molar-refractivity contribution in [2.75, 3.05) is 5.32 Å². The van der Waals surface area contributed by atoms with Crippen LogP contribution in [0.5, 0.6) is 5.75 Å². The molecule has 5 heteroatoms. The first-order valence-corrected chi connectivity index (χ1v) is 5.91. The highest BCUT2D eigenvalue weighted by Gasteiger charge is 2.12. The van der Waals surface area contributed by atoms with Crippen LogP contribution < -0.4 is 5.32 Å². The summed E-state index contributed by atoms with van der Waals surface area (Å²) in [5.74, 6) is -1.48. The second-order valence-corrected chi connectivity index (χ2v) is 4.45. The predicted octanol–water partition coefficient (Wildman–Crippen LogP) is 3.55. The van der Waals surface area contributed by atoms with E-state index in [-0.39, 0.29) is 11.3 Å². The molecular weight excluding hydrogens is 301 g/mol. The number of phenols is 1. The first kappa shape index (κ1) is 12.6. The van der Waals surface area contributed by atoms with Crippen LogP contribution in [0.25, 0.3) is 0 Å². The number of hydrogen-bond donors (Lipinski definition) is 2. The number of phenolic OH excluding ortho intramolecular Hbond substituents is 1. The van der Waals surface area contributed by atoms with E-state index in [1.165, 1.54) is 6.07 Å². The normalized spacial score (nSPS) is 10.1. The number of anilines is 1.